The van der Waals surface area contributed by atoms with Crippen molar-refractivity contribution in [3.63, 3.8) is 0 Å². The molecule has 6 nitrogen and oxygen atoms in total. The number of aromatic hydroxyl groups is 5. The van der Waals surface area contributed by atoms with Crippen LogP contribution in [0.3, 0.4) is 0 Å². The molecule has 0 aromatic heterocycles. The third kappa shape index (κ3) is 2.92. The third-order valence-corrected chi connectivity index (χ3v) is 3.33. The number of rotatable bonds is 2. The van der Waals surface area contributed by atoms with Crippen molar-refractivity contribution >= 4 is 0 Å². The predicted molar refractivity (Wildman–Crippen MR) is 82.7 cm³/mol. The summed E-state index contributed by atoms with van der Waals surface area (Å²) in [5.74, 6) is -12.3. The summed E-state index contributed by atoms with van der Waals surface area (Å²) in [7, 11) is 0.984. The number of hydrogen-bond acceptors (Lipinski definition) is 6. The summed E-state index contributed by atoms with van der Waals surface area (Å²) >= 11 is 0. The lowest BCUT2D eigenvalue weighted by Gasteiger charge is -2.16. The van der Waals surface area contributed by atoms with E-state index in [0.29, 0.717) is 0 Å². The number of ether oxygens (including phenoxy) is 1. The average Bonchev–Trinajstić information content (AvgIpc) is 2.61. The van der Waals surface area contributed by atoms with Crippen molar-refractivity contribution in [3.05, 3.63) is 23.0 Å². The van der Waals surface area contributed by atoms with Crippen LogP contribution in [0.4, 0.5) is 13.2 Å². The van der Waals surface area contributed by atoms with Crippen LogP contribution in [0.1, 0.15) is 19.4 Å². The maximum absolute atomic E-state index is 14.4. The van der Waals surface area contributed by atoms with Gasteiger partial charge in [-0.05, 0) is 6.92 Å². The minimum Gasteiger partial charge on any atom is -0.504 e. The largest absolute Gasteiger partial charge is 0.504 e. The number of methoxy groups -OCH3 is 1. The summed E-state index contributed by atoms with van der Waals surface area (Å²) < 4.78 is 47.0. The van der Waals surface area contributed by atoms with E-state index in [1.807, 2.05) is 13.8 Å². The van der Waals surface area contributed by atoms with E-state index in [1.54, 1.807) is 0 Å². The molecule has 0 saturated carbocycles. The lowest BCUT2D eigenvalue weighted by molar-refractivity contribution is 0.329. The zero-order valence-electron chi connectivity index (χ0n) is 13.8. The molecule has 0 saturated heterocycles. The second kappa shape index (κ2) is 7.29. The number of halogens is 3. The first-order valence-electron chi connectivity index (χ1n) is 7.05. The van der Waals surface area contributed by atoms with Crippen LogP contribution < -0.4 is 4.74 Å². The molecule has 2 rings (SSSR count). The predicted octanol–water partition coefficient (Wildman–Crippen LogP) is 3.64. The monoisotopic (exact) mass is 362 g/mol. The van der Waals surface area contributed by atoms with Gasteiger partial charge in [0, 0.05) is 5.56 Å². The first kappa shape index (κ1) is 20.1. The van der Waals surface area contributed by atoms with E-state index in [0.717, 1.165) is 14.0 Å². The first-order valence-corrected chi connectivity index (χ1v) is 7.05. The quantitative estimate of drug-likeness (QED) is 0.317. The van der Waals surface area contributed by atoms with E-state index in [-0.39, 0.29) is 0 Å². The van der Waals surface area contributed by atoms with Crippen molar-refractivity contribution in [1.29, 1.82) is 0 Å². The normalized spacial score (nSPS) is 10.2. The van der Waals surface area contributed by atoms with Crippen molar-refractivity contribution < 1.29 is 43.4 Å². The van der Waals surface area contributed by atoms with Crippen LogP contribution in [0.2, 0.25) is 0 Å². The average molecular weight is 362 g/mol. The molecule has 138 valence electrons. The second-order valence-electron chi connectivity index (χ2n) is 4.59. The lowest BCUT2D eigenvalue weighted by Crippen LogP contribution is -2.03. The van der Waals surface area contributed by atoms with Crippen molar-refractivity contribution in [2.45, 2.75) is 20.8 Å². The van der Waals surface area contributed by atoms with E-state index < -0.39 is 68.6 Å². The van der Waals surface area contributed by atoms with Crippen LogP contribution >= 0.6 is 0 Å². The van der Waals surface area contributed by atoms with E-state index >= 15 is 0 Å². The Morgan fingerprint density at radius 3 is 1.44 bits per heavy atom. The molecule has 0 aliphatic heterocycles. The number of hydrogen-bond donors (Lipinski definition) is 5. The van der Waals surface area contributed by atoms with Crippen LogP contribution in [-0.2, 0) is 0 Å². The first-order chi connectivity index (χ1) is 11.6. The fourth-order valence-corrected chi connectivity index (χ4v) is 2.13. The molecule has 0 unspecified atom stereocenters. The standard InChI is InChI=1S/C14H11F3O6.C2H6/c1-3-6(15)7(16)4(8(17)14(3)23-2)5-9(18)11(20)13(22)12(21)10(5)19;1-2/h18-22H,1-2H3;1-2H3. The molecule has 0 amide bonds. The highest BCUT2D eigenvalue weighted by molar-refractivity contribution is 5.86. The molecule has 0 heterocycles. The van der Waals surface area contributed by atoms with Crippen molar-refractivity contribution in [3.8, 4) is 45.6 Å². The Hall–Kier alpha value is -2.97. The molecule has 0 fully saturated rings. The molecule has 0 atom stereocenters. The summed E-state index contributed by atoms with van der Waals surface area (Å²) in [6.45, 7) is 5.04. The molecule has 0 bridgehead atoms. The minimum absolute atomic E-state index is 0.502. The van der Waals surface area contributed by atoms with Crippen LogP contribution in [0, 0.1) is 24.4 Å². The van der Waals surface area contributed by atoms with Gasteiger partial charge in [-0.3, -0.25) is 0 Å². The number of phenolic OH excluding ortho intramolecular Hbond substituents is 5. The third-order valence-electron chi connectivity index (χ3n) is 3.33. The molecule has 0 spiro atoms. The summed E-state index contributed by atoms with van der Waals surface area (Å²) in [5.41, 5.74) is -2.94. The number of phenols is 5. The van der Waals surface area contributed by atoms with Gasteiger partial charge in [-0.1, -0.05) is 13.8 Å². The number of benzene rings is 2. The van der Waals surface area contributed by atoms with Gasteiger partial charge < -0.3 is 30.3 Å². The molecule has 5 N–H and O–H groups in total. The molecule has 0 aliphatic rings. The van der Waals surface area contributed by atoms with Gasteiger partial charge >= 0.3 is 0 Å². The zero-order chi connectivity index (χ0) is 19.6. The topological polar surface area (TPSA) is 110 Å². The van der Waals surface area contributed by atoms with Crippen LogP contribution in [0.5, 0.6) is 34.5 Å². The maximum atomic E-state index is 14.4. The van der Waals surface area contributed by atoms with Gasteiger partial charge in [-0.15, -0.1) is 0 Å². The fourth-order valence-electron chi connectivity index (χ4n) is 2.13. The van der Waals surface area contributed by atoms with Crippen molar-refractivity contribution in [2.75, 3.05) is 7.11 Å². The van der Waals surface area contributed by atoms with E-state index in [4.69, 9.17) is 0 Å². The maximum Gasteiger partial charge on any atom is 0.208 e. The van der Waals surface area contributed by atoms with Crippen LogP contribution in [-0.4, -0.2) is 32.6 Å². The zero-order valence-corrected chi connectivity index (χ0v) is 13.8. The molecule has 2 aromatic rings. The molecule has 0 radical (unpaired) electrons. The van der Waals surface area contributed by atoms with Crippen molar-refractivity contribution in [1.82, 2.24) is 0 Å². The van der Waals surface area contributed by atoms with Crippen LogP contribution in [0.15, 0.2) is 0 Å². The SMILES string of the molecule is CC.COc1c(C)c(F)c(F)c(-c2c(O)c(O)c(O)c(O)c2O)c1F. The molecule has 2 aromatic carbocycles. The van der Waals surface area contributed by atoms with E-state index in [9.17, 15) is 38.7 Å². The lowest BCUT2D eigenvalue weighted by atomic mass is 9.98. The molecule has 25 heavy (non-hydrogen) atoms. The Balaban J connectivity index is 0.00000151. The van der Waals surface area contributed by atoms with Crippen molar-refractivity contribution in [2.24, 2.45) is 0 Å². The molecule has 0 aliphatic carbocycles. The Bertz CT molecular complexity index is 792. The Morgan fingerprint density at radius 1 is 0.640 bits per heavy atom. The summed E-state index contributed by atoms with van der Waals surface area (Å²) in [6, 6.07) is 0. The van der Waals surface area contributed by atoms with Gasteiger partial charge in [0.25, 0.3) is 0 Å². The van der Waals surface area contributed by atoms with Gasteiger partial charge in [-0.2, -0.15) is 0 Å². The minimum atomic E-state index is -1.80. The fraction of sp³-hybridized carbons (Fsp3) is 0.250. The summed E-state index contributed by atoms with van der Waals surface area (Å²) in [6.07, 6.45) is 0. The highest BCUT2D eigenvalue weighted by Gasteiger charge is 2.32. The summed E-state index contributed by atoms with van der Waals surface area (Å²) in [5, 5.41) is 47.6. The van der Waals surface area contributed by atoms with Gasteiger partial charge in [0.1, 0.15) is 0 Å². The van der Waals surface area contributed by atoms with Gasteiger partial charge in [0.15, 0.2) is 34.7 Å². The van der Waals surface area contributed by atoms with Gasteiger partial charge in [0.2, 0.25) is 17.2 Å². The van der Waals surface area contributed by atoms with E-state index in [2.05, 4.69) is 4.74 Å². The van der Waals surface area contributed by atoms with Gasteiger partial charge in [0.05, 0.1) is 18.2 Å². The summed E-state index contributed by atoms with van der Waals surface area (Å²) in [4.78, 5) is 0. The highest BCUT2D eigenvalue weighted by atomic mass is 19.2. The molecular formula is C16H17F3O6. The Morgan fingerprint density at radius 2 is 1.04 bits per heavy atom. The Labute approximate surface area is 141 Å². The highest BCUT2D eigenvalue weighted by Crippen LogP contribution is 2.56. The molecule has 9 heteroatoms. The van der Waals surface area contributed by atoms with E-state index in [1.165, 1.54) is 0 Å². The Kier molecular flexibility index (Phi) is 5.85. The second-order valence-corrected chi connectivity index (χ2v) is 4.59. The smallest absolute Gasteiger partial charge is 0.208 e. The van der Waals surface area contributed by atoms with Gasteiger partial charge in [-0.25, -0.2) is 13.2 Å². The molecular weight excluding hydrogens is 345 g/mol. The van der Waals surface area contributed by atoms with Crippen LogP contribution in [0.25, 0.3) is 11.1 Å².